The van der Waals surface area contributed by atoms with E-state index in [1.54, 1.807) is 0 Å². The minimum Gasteiger partial charge on any atom is -0.404 e. The first-order valence-electron chi connectivity index (χ1n) is 13.5. The summed E-state index contributed by atoms with van der Waals surface area (Å²) < 4.78 is 16.7. The number of aryl methyl sites for hydroxylation is 2. The molecule has 0 aromatic heterocycles. The lowest BCUT2D eigenvalue weighted by atomic mass is 9.96. The Labute approximate surface area is 224 Å². The molecule has 1 aromatic carbocycles. The number of hydrogen-bond acceptors (Lipinski definition) is 5. The predicted molar refractivity (Wildman–Crippen MR) is 149 cm³/mol. The Kier molecular flexibility index (Phi) is 9.32. The molecule has 10 nitrogen and oxygen atoms in total. The van der Waals surface area contributed by atoms with Gasteiger partial charge in [-0.3, -0.25) is 9.59 Å². The highest BCUT2D eigenvalue weighted by Crippen LogP contribution is 2.38. The molecule has 3 aliphatic carbocycles. The van der Waals surface area contributed by atoms with Gasteiger partial charge < -0.3 is 16.4 Å². The lowest BCUT2D eigenvalue weighted by Gasteiger charge is -2.15. The summed E-state index contributed by atoms with van der Waals surface area (Å²) in [5, 5.41) is 11.3. The van der Waals surface area contributed by atoms with Crippen molar-refractivity contribution in [1.82, 2.24) is 5.32 Å². The van der Waals surface area contributed by atoms with Crippen molar-refractivity contribution < 1.29 is 18.6 Å². The van der Waals surface area contributed by atoms with Gasteiger partial charge in [-0.05, 0) is 79.5 Å². The van der Waals surface area contributed by atoms with Gasteiger partial charge in [0.15, 0.2) is 0 Å². The number of hydrogen-bond donors (Lipinski definition) is 4. The molecular formula is C27H38N6O4S. The number of nitrogens with two attached hydrogens (primary N) is 2. The summed E-state index contributed by atoms with van der Waals surface area (Å²) >= 11 is 0. The first-order chi connectivity index (χ1) is 18.3. The van der Waals surface area contributed by atoms with E-state index in [0.717, 1.165) is 93.4 Å². The number of benzene rings is 1. The van der Waals surface area contributed by atoms with Crippen LogP contribution >= 0.6 is 0 Å². The standard InChI is InChI=1S/C27H38N6O4S/c28-15-21(16-30-25(35)17-31-24(34)13-18-7-3-1-2-4-8-18)38(29,37)33-27(36)32-26-22-11-5-9-19(22)14-20-10-6-12-23(20)26/h14-16,18H,1-13,17,28H2,(H,31,34)(H3,29,32,33,36,37). The predicted octanol–water partition coefficient (Wildman–Crippen LogP) is 3.41. The van der Waals surface area contributed by atoms with Crippen molar-refractivity contribution >= 4 is 39.7 Å². The quantitative estimate of drug-likeness (QED) is 0.305. The highest BCUT2D eigenvalue weighted by molar-refractivity contribution is 7.96. The molecule has 0 saturated heterocycles. The van der Waals surface area contributed by atoms with Crippen molar-refractivity contribution in [3.8, 4) is 0 Å². The fourth-order valence-corrected chi connectivity index (χ4v) is 6.54. The van der Waals surface area contributed by atoms with Crippen molar-refractivity contribution in [3.05, 3.63) is 39.4 Å². The Morgan fingerprint density at radius 2 is 1.61 bits per heavy atom. The van der Waals surface area contributed by atoms with Gasteiger partial charge in [0, 0.05) is 18.3 Å². The van der Waals surface area contributed by atoms with Crippen LogP contribution < -0.4 is 21.5 Å². The molecule has 1 fully saturated rings. The van der Waals surface area contributed by atoms with E-state index in [1.165, 1.54) is 24.0 Å². The molecule has 0 spiro atoms. The normalized spacial score (nSPS) is 19.3. The van der Waals surface area contributed by atoms with E-state index < -0.39 is 21.9 Å². The molecule has 0 bridgehead atoms. The van der Waals surface area contributed by atoms with Crippen molar-refractivity contribution in [2.75, 3.05) is 11.9 Å². The highest BCUT2D eigenvalue weighted by Gasteiger charge is 2.25. The maximum Gasteiger partial charge on any atom is 0.354 e. The summed E-state index contributed by atoms with van der Waals surface area (Å²) in [6.07, 6.45) is 14.7. The summed E-state index contributed by atoms with van der Waals surface area (Å²) in [6, 6.07) is 1.41. The van der Waals surface area contributed by atoms with Gasteiger partial charge in [-0.15, -0.1) is 4.36 Å². The number of fused-ring (bicyclic) bond motifs is 2. The lowest BCUT2D eigenvalue weighted by molar-refractivity contribution is -0.125. The number of urea groups is 1. The number of allylic oxidation sites excluding steroid dienone is 1. The van der Waals surface area contributed by atoms with E-state index in [0.29, 0.717) is 12.3 Å². The Morgan fingerprint density at radius 1 is 0.974 bits per heavy atom. The third kappa shape index (κ3) is 7.08. The van der Waals surface area contributed by atoms with Gasteiger partial charge in [0.05, 0.1) is 17.7 Å². The fourth-order valence-electron chi connectivity index (χ4n) is 5.75. The van der Waals surface area contributed by atoms with Gasteiger partial charge in [-0.2, -0.15) is 0 Å². The minimum atomic E-state index is -3.76. The van der Waals surface area contributed by atoms with Gasteiger partial charge in [0.25, 0.3) is 5.91 Å². The third-order valence-corrected chi connectivity index (χ3v) is 9.00. The molecule has 38 heavy (non-hydrogen) atoms. The van der Waals surface area contributed by atoms with E-state index >= 15 is 0 Å². The van der Waals surface area contributed by atoms with Crippen LogP contribution in [0.1, 0.15) is 80.0 Å². The molecular weight excluding hydrogens is 504 g/mol. The van der Waals surface area contributed by atoms with Gasteiger partial charge in [0.1, 0.15) is 9.92 Å². The molecule has 4 rings (SSSR count). The maximum absolute atomic E-state index is 13.0. The van der Waals surface area contributed by atoms with Crippen LogP contribution in [0.2, 0.25) is 0 Å². The average molecular weight is 543 g/mol. The third-order valence-electron chi connectivity index (χ3n) is 7.65. The number of amides is 4. The summed E-state index contributed by atoms with van der Waals surface area (Å²) in [5.74, 6) is -0.507. The molecule has 11 heteroatoms. The molecule has 0 heterocycles. The summed E-state index contributed by atoms with van der Waals surface area (Å²) in [5.41, 5.74) is 11.0. The van der Waals surface area contributed by atoms with E-state index in [4.69, 9.17) is 10.9 Å². The molecule has 0 radical (unpaired) electrons. The zero-order valence-electron chi connectivity index (χ0n) is 21.8. The second-order valence-electron chi connectivity index (χ2n) is 10.4. The van der Waals surface area contributed by atoms with Gasteiger partial charge >= 0.3 is 6.03 Å². The largest absolute Gasteiger partial charge is 0.404 e. The second-order valence-corrected chi connectivity index (χ2v) is 12.2. The van der Waals surface area contributed by atoms with E-state index in [2.05, 4.69) is 26.1 Å². The molecule has 6 N–H and O–H groups in total. The summed E-state index contributed by atoms with van der Waals surface area (Å²) in [7, 11) is -3.76. The Morgan fingerprint density at radius 3 is 2.21 bits per heavy atom. The second kappa shape index (κ2) is 12.7. The van der Waals surface area contributed by atoms with E-state index in [9.17, 15) is 18.6 Å². The minimum absolute atomic E-state index is 0.191. The Hall–Kier alpha value is -3.05. The topological polar surface area (TPSA) is 169 Å². The van der Waals surface area contributed by atoms with Crippen LogP contribution in [-0.4, -0.2) is 34.8 Å². The van der Waals surface area contributed by atoms with Crippen molar-refractivity contribution in [2.24, 2.45) is 26.1 Å². The zero-order valence-corrected chi connectivity index (χ0v) is 22.6. The molecule has 1 aromatic rings. The van der Waals surface area contributed by atoms with Crippen LogP contribution in [0, 0.1) is 5.92 Å². The SMILES string of the molecule is NC=C(C=NC(=O)CNC(=O)CC1CCCCCC1)S(N)(=O)=NC(=O)Nc1c2c(cc3c1CCC3)CCC2. The van der Waals surface area contributed by atoms with Crippen molar-refractivity contribution in [2.45, 2.75) is 83.5 Å². The molecule has 0 aliphatic heterocycles. The molecule has 1 atom stereocenters. The average Bonchev–Trinajstić information content (AvgIpc) is 3.47. The molecule has 1 unspecified atom stereocenters. The number of anilines is 1. The zero-order chi connectivity index (χ0) is 27.1. The first kappa shape index (κ1) is 28.0. The fraction of sp³-hybridized carbons (Fsp3) is 0.556. The smallest absolute Gasteiger partial charge is 0.354 e. The molecule has 206 valence electrons. The van der Waals surface area contributed by atoms with Crippen LogP contribution in [0.3, 0.4) is 0 Å². The highest BCUT2D eigenvalue weighted by atomic mass is 32.2. The molecule has 3 aliphatic rings. The van der Waals surface area contributed by atoms with Gasteiger partial charge in [0.2, 0.25) is 5.91 Å². The number of aliphatic imine (C=N–C) groups is 1. The van der Waals surface area contributed by atoms with Crippen molar-refractivity contribution in [3.63, 3.8) is 0 Å². The summed E-state index contributed by atoms with van der Waals surface area (Å²) in [6.45, 7) is -0.298. The Balaban J connectivity index is 1.36. The summed E-state index contributed by atoms with van der Waals surface area (Å²) in [4.78, 5) is 40.7. The van der Waals surface area contributed by atoms with Crippen LogP contribution in [0.15, 0.2) is 26.5 Å². The van der Waals surface area contributed by atoms with Gasteiger partial charge in [-0.1, -0.05) is 31.7 Å². The number of carbonyl (C=O) groups excluding carboxylic acids is 3. The van der Waals surface area contributed by atoms with E-state index in [-0.39, 0.29) is 17.4 Å². The number of carbonyl (C=O) groups is 3. The monoisotopic (exact) mass is 542 g/mol. The van der Waals surface area contributed by atoms with Crippen LogP contribution in [0.5, 0.6) is 0 Å². The van der Waals surface area contributed by atoms with E-state index in [1.807, 2.05) is 0 Å². The van der Waals surface area contributed by atoms with Crippen molar-refractivity contribution in [1.29, 1.82) is 0 Å². The molecule has 4 amide bonds. The number of rotatable bonds is 7. The van der Waals surface area contributed by atoms with Crippen LogP contribution in [0.4, 0.5) is 10.5 Å². The lowest BCUT2D eigenvalue weighted by Crippen LogP contribution is -2.30. The number of nitrogens with one attached hydrogen (secondary N) is 2. The first-order valence-corrected chi connectivity index (χ1v) is 15.1. The van der Waals surface area contributed by atoms with Crippen LogP contribution in [-0.2, 0) is 45.2 Å². The number of nitrogens with zero attached hydrogens (tertiary/aromatic N) is 2. The molecule has 1 saturated carbocycles. The maximum atomic E-state index is 13.0. The van der Waals surface area contributed by atoms with Gasteiger partial charge in [-0.25, -0.2) is 19.1 Å². The van der Waals surface area contributed by atoms with Crippen LogP contribution in [0.25, 0.3) is 0 Å². The Bertz CT molecular complexity index is 1240.